The molecule has 152 valence electrons. The lowest BCUT2D eigenvalue weighted by Crippen LogP contribution is -2.27. The third-order valence-electron chi connectivity index (χ3n) is 4.43. The molecule has 0 radical (unpaired) electrons. The summed E-state index contributed by atoms with van der Waals surface area (Å²) in [6.45, 7) is 1.91. The highest BCUT2D eigenvalue weighted by Gasteiger charge is 2.14. The van der Waals surface area contributed by atoms with Gasteiger partial charge in [0.1, 0.15) is 0 Å². The minimum Gasteiger partial charge on any atom is -0.352 e. The Labute approximate surface area is 175 Å². The van der Waals surface area contributed by atoms with Gasteiger partial charge in [0, 0.05) is 24.7 Å². The lowest BCUT2D eigenvalue weighted by Gasteiger charge is -2.12. The molecular weight excluding hydrogens is 378 g/mol. The van der Waals surface area contributed by atoms with Crippen LogP contribution >= 0.6 is 0 Å². The molecule has 0 bridgehead atoms. The number of hydrogen-bond donors (Lipinski definition) is 3. The highest BCUT2D eigenvalue weighted by atomic mass is 16.2. The number of hydrogen-bond acceptors (Lipinski definition) is 3. The molecule has 0 aromatic heterocycles. The molecule has 6 heteroatoms. The summed E-state index contributed by atoms with van der Waals surface area (Å²) in [5, 5.41) is 8.34. The molecule has 30 heavy (non-hydrogen) atoms. The fourth-order valence-electron chi connectivity index (χ4n) is 2.95. The first kappa shape index (κ1) is 20.8. The number of carbonyl (C=O) groups excluding carboxylic acids is 3. The van der Waals surface area contributed by atoms with Gasteiger partial charge in [-0.1, -0.05) is 42.5 Å². The number of anilines is 2. The molecule has 0 aliphatic heterocycles. The average Bonchev–Trinajstić information content (AvgIpc) is 2.75. The Kier molecular flexibility index (Phi) is 6.95. The molecule has 0 atom stereocenters. The minimum absolute atomic E-state index is 0.181. The second-order valence-corrected chi connectivity index (χ2v) is 6.75. The Balaban J connectivity index is 1.63. The van der Waals surface area contributed by atoms with Crippen molar-refractivity contribution in [3.05, 3.63) is 95.6 Å². The van der Waals surface area contributed by atoms with E-state index in [1.807, 2.05) is 30.3 Å². The maximum atomic E-state index is 12.6. The van der Waals surface area contributed by atoms with E-state index in [1.54, 1.807) is 48.5 Å². The number of amides is 3. The van der Waals surface area contributed by atoms with Crippen molar-refractivity contribution in [2.45, 2.75) is 13.3 Å². The summed E-state index contributed by atoms with van der Waals surface area (Å²) in [6.07, 6.45) is 0.724. The van der Waals surface area contributed by atoms with Crippen LogP contribution in [0.4, 0.5) is 11.4 Å². The van der Waals surface area contributed by atoms with E-state index in [4.69, 9.17) is 0 Å². The quantitative estimate of drug-likeness (QED) is 0.562. The van der Waals surface area contributed by atoms with Crippen molar-refractivity contribution < 1.29 is 14.4 Å². The van der Waals surface area contributed by atoms with Crippen LogP contribution in [0.3, 0.4) is 0 Å². The van der Waals surface area contributed by atoms with Gasteiger partial charge in [-0.05, 0) is 48.4 Å². The van der Waals surface area contributed by atoms with E-state index >= 15 is 0 Å². The summed E-state index contributed by atoms with van der Waals surface area (Å²) in [7, 11) is 0. The Bertz CT molecular complexity index is 1030. The number of nitrogens with one attached hydrogen (secondary N) is 3. The maximum Gasteiger partial charge on any atom is 0.255 e. The predicted octanol–water partition coefficient (Wildman–Crippen LogP) is 3.87. The van der Waals surface area contributed by atoms with Gasteiger partial charge in [-0.25, -0.2) is 0 Å². The third-order valence-corrected chi connectivity index (χ3v) is 4.43. The van der Waals surface area contributed by atoms with Crippen LogP contribution < -0.4 is 16.0 Å². The molecule has 0 heterocycles. The van der Waals surface area contributed by atoms with Gasteiger partial charge < -0.3 is 16.0 Å². The molecule has 3 aromatic carbocycles. The summed E-state index contributed by atoms with van der Waals surface area (Å²) in [4.78, 5) is 36.3. The minimum atomic E-state index is -0.339. The average molecular weight is 401 g/mol. The highest BCUT2D eigenvalue weighted by molar-refractivity contribution is 6.09. The van der Waals surface area contributed by atoms with Crippen LogP contribution in [0.1, 0.15) is 33.2 Å². The molecular formula is C24H23N3O3. The molecule has 0 saturated heterocycles. The summed E-state index contributed by atoms with van der Waals surface area (Å²) in [5.74, 6) is -0.767. The second kappa shape index (κ2) is 10.0. The molecule has 0 aliphatic rings. The summed E-state index contributed by atoms with van der Waals surface area (Å²) in [5.41, 5.74) is 3.00. The summed E-state index contributed by atoms with van der Waals surface area (Å²) in [6, 6.07) is 23.3. The number of rotatable bonds is 7. The predicted molar refractivity (Wildman–Crippen MR) is 118 cm³/mol. The van der Waals surface area contributed by atoms with Gasteiger partial charge in [0.05, 0.1) is 11.3 Å². The third kappa shape index (κ3) is 5.78. The van der Waals surface area contributed by atoms with Gasteiger partial charge >= 0.3 is 0 Å². The molecule has 3 amide bonds. The first-order chi connectivity index (χ1) is 14.5. The maximum absolute atomic E-state index is 12.6. The van der Waals surface area contributed by atoms with Gasteiger partial charge in [-0.3, -0.25) is 14.4 Å². The molecule has 0 saturated carbocycles. The molecule has 0 spiro atoms. The van der Waals surface area contributed by atoms with Crippen molar-refractivity contribution in [3.8, 4) is 0 Å². The van der Waals surface area contributed by atoms with E-state index in [0.717, 1.165) is 12.0 Å². The fourth-order valence-corrected chi connectivity index (χ4v) is 2.95. The van der Waals surface area contributed by atoms with Crippen molar-refractivity contribution in [1.82, 2.24) is 5.32 Å². The molecule has 0 unspecified atom stereocenters. The smallest absolute Gasteiger partial charge is 0.255 e. The first-order valence-electron chi connectivity index (χ1n) is 9.63. The number of carbonyl (C=O) groups is 3. The van der Waals surface area contributed by atoms with Gasteiger partial charge in [-0.15, -0.1) is 0 Å². The van der Waals surface area contributed by atoms with Crippen LogP contribution in [0.5, 0.6) is 0 Å². The van der Waals surface area contributed by atoms with Gasteiger partial charge in [-0.2, -0.15) is 0 Å². The van der Waals surface area contributed by atoms with Crippen molar-refractivity contribution >= 4 is 29.1 Å². The zero-order valence-corrected chi connectivity index (χ0v) is 16.6. The Morgan fingerprint density at radius 3 is 2.10 bits per heavy atom. The van der Waals surface area contributed by atoms with Crippen LogP contribution in [-0.4, -0.2) is 24.3 Å². The first-order valence-corrected chi connectivity index (χ1v) is 9.63. The molecule has 6 nitrogen and oxygen atoms in total. The van der Waals surface area contributed by atoms with E-state index in [2.05, 4.69) is 16.0 Å². The zero-order chi connectivity index (χ0) is 21.3. The lowest BCUT2D eigenvalue weighted by molar-refractivity contribution is -0.114. The van der Waals surface area contributed by atoms with E-state index in [-0.39, 0.29) is 17.7 Å². The second-order valence-electron chi connectivity index (χ2n) is 6.75. The Morgan fingerprint density at radius 1 is 0.733 bits per heavy atom. The molecule has 3 N–H and O–H groups in total. The fraction of sp³-hybridized carbons (Fsp3) is 0.125. The van der Waals surface area contributed by atoms with E-state index in [9.17, 15) is 14.4 Å². The normalized spacial score (nSPS) is 10.2. The van der Waals surface area contributed by atoms with Crippen LogP contribution in [0.15, 0.2) is 78.9 Å². The topological polar surface area (TPSA) is 87.3 Å². The summed E-state index contributed by atoms with van der Waals surface area (Å²) < 4.78 is 0. The number of para-hydroxylation sites is 1. The van der Waals surface area contributed by atoms with E-state index in [0.29, 0.717) is 29.0 Å². The molecule has 0 fully saturated rings. The molecule has 0 aliphatic carbocycles. The standard InChI is InChI=1S/C24H23N3O3/c1-17(28)26-20-13-11-19(12-14-20)23(29)27-22-10-6-5-9-21(22)24(30)25-16-15-18-7-3-2-4-8-18/h2-14H,15-16H2,1H3,(H,25,30)(H,26,28)(H,27,29). The van der Waals surface area contributed by atoms with Crippen molar-refractivity contribution in [2.75, 3.05) is 17.2 Å². The van der Waals surface area contributed by atoms with Crippen LogP contribution in [-0.2, 0) is 11.2 Å². The van der Waals surface area contributed by atoms with Crippen molar-refractivity contribution in [2.24, 2.45) is 0 Å². The van der Waals surface area contributed by atoms with Crippen molar-refractivity contribution in [3.63, 3.8) is 0 Å². The van der Waals surface area contributed by atoms with Crippen LogP contribution in [0, 0.1) is 0 Å². The Hall–Kier alpha value is -3.93. The van der Waals surface area contributed by atoms with Crippen LogP contribution in [0.2, 0.25) is 0 Å². The highest BCUT2D eigenvalue weighted by Crippen LogP contribution is 2.17. The largest absolute Gasteiger partial charge is 0.352 e. The van der Waals surface area contributed by atoms with E-state index in [1.165, 1.54) is 6.92 Å². The lowest BCUT2D eigenvalue weighted by atomic mass is 10.1. The SMILES string of the molecule is CC(=O)Nc1ccc(C(=O)Nc2ccccc2C(=O)NCCc2ccccc2)cc1. The van der Waals surface area contributed by atoms with Gasteiger partial charge in [0.2, 0.25) is 5.91 Å². The van der Waals surface area contributed by atoms with E-state index < -0.39 is 0 Å². The Morgan fingerprint density at radius 2 is 1.40 bits per heavy atom. The van der Waals surface area contributed by atoms with Crippen molar-refractivity contribution in [1.29, 1.82) is 0 Å². The van der Waals surface area contributed by atoms with Gasteiger partial charge in [0.25, 0.3) is 11.8 Å². The number of benzene rings is 3. The van der Waals surface area contributed by atoms with Crippen LogP contribution in [0.25, 0.3) is 0 Å². The zero-order valence-electron chi connectivity index (χ0n) is 16.6. The monoisotopic (exact) mass is 401 g/mol. The molecule has 3 aromatic rings. The van der Waals surface area contributed by atoms with Gasteiger partial charge in [0.15, 0.2) is 0 Å². The molecule has 3 rings (SSSR count). The summed E-state index contributed by atoms with van der Waals surface area (Å²) >= 11 is 0.